The van der Waals surface area contributed by atoms with Gasteiger partial charge in [-0.15, -0.1) is 0 Å². The highest BCUT2D eigenvalue weighted by atomic mass is 16.5. The lowest BCUT2D eigenvalue weighted by atomic mass is 10.2. The number of aromatic nitrogens is 2. The molecule has 5 heteroatoms. The van der Waals surface area contributed by atoms with Gasteiger partial charge >= 0.3 is 0 Å². The fraction of sp³-hybridized carbons (Fsp3) is 0.667. The molecule has 17 heavy (non-hydrogen) atoms. The van der Waals surface area contributed by atoms with Crippen LogP contribution in [0.25, 0.3) is 0 Å². The van der Waals surface area contributed by atoms with Crippen molar-refractivity contribution in [2.45, 2.75) is 18.6 Å². The van der Waals surface area contributed by atoms with Crippen LogP contribution in [0.4, 0.5) is 5.95 Å². The number of likely N-dealkylation sites (tertiary alicyclic amines) is 1. The van der Waals surface area contributed by atoms with Gasteiger partial charge in [-0.1, -0.05) is 0 Å². The molecule has 0 saturated carbocycles. The predicted molar refractivity (Wildman–Crippen MR) is 67.1 cm³/mol. The zero-order chi connectivity index (χ0) is 12.3. The first-order valence-electron chi connectivity index (χ1n) is 5.92. The Kier molecular flexibility index (Phi) is 3.91. The molecule has 0 bridgehead atoms. The molecule has 1 fully saturated rings. The van der Waals surface area contributed by atoms with Crippen LogP contribution >= 0.6 is 0 Å². The molecule has 1 aromatic rings. The average molecular weight is 236 g/mol. The minimum Gasteiger partial charge on any atom is -0.380 e. The molecule has 1 aliphatic heterocycles. The molecule has 0 N–H and O–H groups in total. The van der Waals surface area contributed by atoms with Gasteiger partial charge in [-0.3, -0.25) is 4.90 Å². The third-order valence-corrected chi connectivity index (χ3v) is 3.36. The summed E-state index contributed by atoms with van der Waals surface area (Å²) in [5, 5.41) is 0. The van der Waals surface area contributed by atoms with Gasteiger partial charge in [0.15, 0.2) is 0 Å². The van der Waals surface area contributed by atoms with E-state index in [-0.39, 0.29) is 0 Å². The predicted octanol–water partition coefficient (Wildman–Crippen LogP) is 0.632. The Hall–Kier alpha value is -1.20. The normalized spacial score (nSPS) is 25.1. The van der Waals surface area contributed by atoms with Gasteiger partial charge in [-0.2, -0.15) is 0 Å². The van der Waals surface area contributed by atoms with Gasteiger partial charge < -0.3 is 9.64 Å². The number of hydrogen-bond donors (Lipinski definition) is 0. The smallest absolute Gasteiger partial charge is 0.225 e. The van der Waals surface area contributed by atoms with Crippen LogP contribution < -0.4 is 4.90 Å². The summed E-state index contributed by atoms with van der Waals surface area (Å²) in [6, 6.07) is 2.34. The molecule has 0 radical (unpaired) electrons. The number of rotatable bonds is 4. The molecule has 94 valence electrons. The van der Waals surface area contributed by atoms with Crippen molar-refractivity contribution in [2.75, 3.05) is 39.2 Å². The van der Waals surface area contributed by atoms with Crippen molar-refractivity contribution in [2.24, 2.45) is 0 Å². The molecular formula is C12H20N4O. The highest BCUT2D eigenvalue weighted by molar-refractivity contribution is 5.27. The maximum atomic E-state index is 5.41. The third kappa shape index (κ3) is 2.92. The summed E-state index contributed by atoms with van der Waals surface area (Å²) in [6.07, 6.45) is 4.98. The van der Waals surface area contributed by atoms with Crippen molar-refractivity contribution >= 4 is 5.95 Å². The maximum absolute atomic E-state index is 5.41. The molecule has 2 atom stereocenters. The van der Waals surface area contributed by atoms with Crippen molar-refractivity contribution in [1.29, 1.82) is 0 Å². The number of hydrogen-bond acceptors (Lipinski definition) is 5. The van der Waals surface area contributed by atoms with Gasteiger partial charge in [0.2, 0.25) is 5.95 Å². The van der Waals surface area contributed by atoms with E-state index in [1.165, 1.54) is 0 Å². The van der Waals surface area contributed by atoms with Crippen LogP contribution in [0.15, 0.2) is 18.5 Å². The Bertz CT molecular complexity index is 346. The molecule has 0 aliphatic carbocycles. The van der Waals surface area contributed by atoms with E-state index in [1.807, 2.05) is 13.1 Å². The van der Waals surface area contributed by atoms with E-state index in [9.17, 15) is 0 Å². The molecule has 0 aromatic carbocycles. The minimum absolute atomic E-state index is 0.357. The van der Waals surface area contributed by atoms with E-state index in [1.54, 1.807) is 19.5 Å². The second kappa shape index (κ2) is 5.42. The van der Waals surface area contributed by atoms with Gasteiger partial charge in [0, 0.05) is 45.7 Å². The second-order valence-corrected chi connectivity index (χ2v) is 4.62. The van der Waals surface area contributed by atoms with Crippen LogP contribution in [0.1, 0.15) is 6.42 Å². The van der Waals surface area contributed by atoms with Gasteiger partial charge in [-0.25, -0.2) is 9.97 Å². The summed E-state index contributed by atoms with van der Waals surface area (Å²) in [6.45, 7) is 1.94. The molecule has 2 heterocycles. The summed E-state index contributed by atoms with van der Waals surface area (Å²) in [5.41, 5.74) is 0. The van der Waals surface area contributed by atoms with Gasteiger partial charge in [-0.05, 0) is 19.5 Å². The highest BCUT2D eigenvalue weighted by Gasteiger charge is 2.30. The fourth-order valence-corrected chi connectivity index (χ4v) is 2.30. The van der Waals surface area contributed by atoms with Crippen molar-refractivity contribution in [3.8, 4) is 0 Å². The maximum Gasteiger partial charge on any atom is 0.225 e. The number of ether oxygens (including phenoxy) is 1. The summed E-state index contributed by atoms with van der Waals surface area (Å²) >= 11 is 0. The molecule has 1 aliphatic rings. The van der Waals surface area contributed by atoms with Crippen LogP contribution in [-0.2, 0) is 4.74 Å². The summed E-state index contributed by atoms with van der Waals surface area (Å²) in [4.78, 5) is 12.9. The molecule has 0 spiro atoms. The first-order valence-corrected chi connectivity index (χ1v) is 5.92. The lowest BCUT2D eigenvalue weighted by Crippen LogP contribution is -2.37. The average Bonchev–Trinajstić information content (AvgIpc) is 2.71. The van der Waals surface area contributed by atoms with Crippen LogP contribution in [0.3, 0.4) is 0 Å². The minimum atomic E-state index is 0.357. The molecule has 5 nitrogen and oxygen atoms in total. The van der Waals surface area contributed by atoms with Crippen LogP contribution in [0.2, 0.25) is 0 Å². The Morgan fingerprint density at radius 3 is 2.76 bits per heavy atom. The quantitative estimate of drug-likeness (QED) is 0.767. The molecule has 1 aromatic heterocycles. The van der Waals surface area contributed by atoms with Crippen molar-refractivity contribution in [3.63, 3.8) is 0 Å². The highest BCUT2D eigenvalue weighted by Crippen LogP contribution is 2.19. The monoisotopic (exact) mass is 236 g/mol. The standard InChI is InChI=1S/C12H20N4O/c1-15-9-11(17-3)7-10(15)8-16(2)12-13-5-4-6-14-12/h4-6,10-11H,7-9H2,1-3H3/t10-,11-/m0/s1. The van der Waals surface area contributed by atoms with E-state index in [4.69, 9.17) is 4.74 Å². The lowest BCUT2D eigenvalue weighted by Gasteiger charge is -2.25. The fourth-order valence-electron chi connectivity index (χ4n) is 2.30. The summed E-state index contributed by atoms with van der Waals surface area (Å²) in [5.74, 6) is 0.779. The van der Waals surface area contributed by atoms with E-state index in [2.05, 4.69) is 26.8 Å². The zero-order valence-corrected chi connectivity index (χ0v) is 10.7. The van der Waals surface area contributed by atoms with Crippen LogP contribution in [0.5, 0.6) is 0 Å². The molecule has 0 amide bonds. The van der Waals surface area contributed by atoms with E-state index in [0.717, 1.165) is 25.5 Å². The SMILES string of the molecule is CO[C@H]1C[C@@H](CN(C)c2ncccn2)N(C)C1. The number of anilines is 1. The summed E-state index contributed by atoms with van der Waals surface area (Å²) < 4.78 is 5.41. The van der Waals surface area contributed by atoms with Gasteiger partial charge in [0.25, 0.3) is 0 Å². The van der Waals surface area contributed by atoms with Crippen molar-refractivity contribution < 1.29 is 4.74 Å². The number of nitrogens with zero attached hydrogens (tertiary/aromatic N) is 4. The Labute approximate surface area is 102 Å². The third-order valence-electron chi connectivity index (χ3n) is 3.36. The van der Waals surface area contributed by atoms with Crippen molar-refractivity contribution in [1.82, 2.24) is 14.9 Å². The molecule has 1 saturated heterocycles. The Balaban J connectivity index is 1.93. The Morgan fingerprint density at radius 2 is 2.18 bits per heavy atom. The first-order chi connectivity index (χ1) is 8.20. The summed E-state index contributed by atoms with van der Waals surface area (Å²) in [7, 11) is 5.96. The second-order valence-electron chi connectivity index (χ2n) is 4.62. The van der Waals surface area contributed by atoms with Gasteiger partial charge in [0.1, 0.15) is 0 Å². The number of methoxy groups -OCH3 is 1. The Morgan fingerprint density at radius 1 is 1.47 bits per heavy atom. The van der Waals surface area contributed by atoms with Gasteiger partial charge in [0.05, 0.1) is 6.10 Å². The largest absolute Gasteiger partial charge is 0.380 e. The molecular weight excluding hydrogens is 216 g/mol. The molecule has 0 unspecified atom stereocenters. The van der Waals surface area contributed by atoms with Crippen LogP contribution in [-0.4, -0.2) is 61.3 Å². The van der Waals surface area contributed by atoms with Crippen LogP contribution in [0, 0.1) is 0 Å². The first kappa shape index (κ1) is 12.3. The van der Waals surface area contributed by atoms with E-state index >= 15 is 0 Å². The van der Waals surface area contributed by atoms with E-state index < -0.39 is 0 Å². The van der Waals surface area contributed by atoms with E-state index in [0.29, 0.717) is 12.1 Å². The lowest BCUT2D eigenvalue weighted by molar-refractivity contribution is 0.111. The number of likely N-dealkylation sites (N-methyl/N-ethyl adjacent to an activating group) is 2. The topological polar surface area (TPSA) is 41.5 Å². The zero-order valence-electron chi connectivity index (χ0n) is 10.7. The molecule has 2 rings (SSSR count). The van der Waals surface area contributed by atoms with Crippen molar-refractivity contribution in [3.05, 3.63) is 18.5 Å².